The molecule has 1 aromatic carbocycles. The van der Waals surface area contributed by atoms with E-state index in [9.17, 15) is 0 Å². The van der Waals surface area contributed by atoms with E-state index in [1.807, 2.05) is 11.7 Å². The summed E-state index contributed by atoms with van der Waals surface area (Å²) in [6, 6.07) is 6.57. The fourth-order valence-electron chi connectivity index (χ4n) is 2.13. The molecule has 0 aliphatic carbocycles. The van der Waals surface area contributed by atoms with Gasteiger partial charge in [-0.15, -0.1) is 0 Å². The molecule has 0 atom stereocenters. The van der Waals surface area contributed by atoms with Gasteiger partial charge in [0.05, 0.1) is 0 Å². The summed E-state index contributed by atoms with van der Waals surface area (Å²) in [6.07, 6.45) is 2.07. The van der Waals surface area contributed by atoms with Gasteiger partial charge >= 0.3 is 0 Å². The number of hydrogen-bond acceptors (Lipinski definition) is 2. The molecule has 3 nitrogen and oxygen atoms in total. The van der Waals surface area contributed by atoms with Gasteiger partial charge in [-0.2, -0.15) is 5.10 Å². The largest absolute Gasteiger partial charge is 0.364 e. The molecule has 1 aromatic heterocycles. The summed E-state index contributed by atoms with van der Waals surface area (Å²) in [5.74, 6) is 0.994. The summed E-state index contributed by atoms with van der Waals surface area (Å²) in [5.41, 5.74) is 5.18. The van der Waals surface area contributed by atoms with E-state index in [1.165, 1.54) is 22.3 Å². The number of hydrogen-bond donors (Lipinski definition) is 1. The number of benzene rings is 1. The number of aromatic nitrogens is 2. The van der Waals surface area contributed by atoms with Crippen molar-refractivity contribution in [1.82, 2.24) is 9.78 Å². The maximum Gasteiger partial charge on any atom is 0.156 e. The van der Waals surface area contributed by atoms with Gasteiger partial charge in [-0.25, -0.2) is 0 Å². The van der Waals surface area contributed by atoms with Crippen molar-refractivity contribution in [3.05, 3.63) is 35.5 Å². The zero-order valence-electron chi connectivity index (χ0n) is 8.91. The molecule has 15 heavy (non-hydrogen) atoms. The lowest BCUT2D eigenvalue weighted by Gasteiger charge is -2.17. The molecule has 1 N–H and O–H groups in total. The minimum Gasteiger partial charge on any atom is -0.364 e. The predicted octanol–water partition coefficient (Wildman–Crippen LogP) is 2.32. The van der Waals surface area contributed by atoms with E-state index in [0.717, 1.165) is 12.4 Å². The fraction of sp³-hybridized carbons (Fsp3) is 0.250. The summed E-state index contributed by atoms with van der Waals surface area (Å²) >= 11 is 0. The Morgan fingerprint density at radius 2 is 2.20 bits per heavy atom. The van der Waals surface area contributed by atoms with Gasteiger partial charge < -0.3 is 5.32 Å². The smallest absolute Gasteiger partial charge is 0.156 e. The van der Waals surface area contributed by atoms with Crippen molar-refractivity contribution in [2.24, 2.45) is 7.05 Å². The van der Waals surface area contributed by atoms with Gasteiger partial charge in [-0.3, -0.25) is 4.68 Å². The second kappa shape index (κ2) is 2.86. The average molecular weight is 199 g/mol. The lowest BCUT2D eigenvalue weighted by Crippen LogP contribution is -2.08. The van der Waals surface area contributed by atoms with Gasteiger partial charge in [-0.1, -0.05) is 23.8 Å². The second-order valence-electron chi connectivity index (χ2n) is 4.08. The number of anilines is 1. The molecule has 0 saturated heterocycles. The third kappa shape index (κ3) is 1.23. The van der Waals surface area contributed by atoms with Crippen LogP contribution >= 0.6 is 0 Å². The lowest BCUT2D eigenvalue weighted by atomic mass is 9.97. The lowest BCUT2D eigenvalue weighted by molar-refractivity contribution is 0.769. The summed E-state index contributed by atoms with van der Waals surface area (Å²) in [6.45, 7) is 3.00. The van der Waals surface area contributed by atoms with E-state index >= 15 is 0 Å². The van der Waals surface area contributed by atoms with Gasteiger partial charge in [0.15, 0.2) is 5.82 Å². The van der Waals surface area contributed by atoms with Gasteiger partial charge in [0.25, 0.3) is 0 Å². The van der Waals surface area contributed by atoms with Crippen LogP contribution in [0.25, 0.3) is 11.1 Å². The minimum atomic E-state index is 0.876. The van der Waals surface area contributed by atoms with Crippen LogP contribution in [-0.2, 0) is 13.6 Å². The van der Waals surface area contributed by atoms with Crippen molar-refractivity contribution in [2.45, 2.75) is 13.5 Å². The van der Waals surface area contributed by atoms with Crippen molar-refractivity contribution < 1.29 is 0 Å². The molecule has 1 aliphatic heterocycles. The predicted molar refractivity (Wildman–Crippen MR) is 60.7 cm³/mol. The molecule has 2 heterocycles. The highest BCUT2D eigenvalue weighted by Crippen LogP contribution is 2.34. The molecule has 0 bridgehead atoms. The van der Waals surface area contributed by atoms with Crippen LogP contribution in [0.3, 0.4) is 0 Å². The van der Waals surface area contributed by atoms with Crippen LogP contribution in [0, 0.1) is 6.92 Å². The first-order chi connectivity index (χ1) is 7.24. The maximum absolute atomic E-state index is 4.38. The first-order valence-electron chi connectivity index (χ1n) is 5.11. The summed E-state index contributed by atoms with van der Waals surface area (Å²) in [5, 5.41) is 7.71. The summed E-state index contributed by atoms with van der Waals surface area (Å²) in [4.78, 5) is 0. The molecule has 2 aromatic rings. The van der Waals surface area contributed by atoms with Crippen LogP contribution < -0.4 is 5.32 Å². The zero-order valence-corrected chi connectivity index (χ0v) is 8.91. The molecular formula is C12H13N3. The summed E-state index contributed by atoms with van der Waals surface area (Å²) in [7, 11) is 1.95. The number of nitrogens with one attached hydrogen (secondary N) is 1. The molecule has 0 unspecified atom stereocenters. The Morgan fingerprint density at radius 1 is 1.33 bits per heavy atom. The Kier molecular flexibility index (Phi) is 1.63. The zero-order chi connectivity index (χ0) is 10.4. The van der Waals surface area contributed by atoms with Crippen LogP contribution in [-0.4, -0.2) is 9.78 Å². The maximum atomic E-state index is 4.38. The Morgan fingerprint density at radius 3 is 3.07 bits per heavy atom. The average Bonchev–Trinajstić information content (AvgIpc) is 2.58. The number of aryl methyl sites for hydroxylation is 2. The van der Waals surface area contributed by atoms with Crippen molar-refractivity contribution in [1.29, 1.82) is 0 Å². The molecular weight excluding hydrogens is 186 g/mol. The molecule has 0 fully saturated rings. The topological polar surface area (TPSA) is 29.9 Å². The molecule has 76 valence electrons. The quantitative estimate of drug-likeness (QED) is 0.705. The monoisotopic (exact) mass is 199 g/mol. The molecule has 0 saturated carbocycles. The first-order valence-corrected chi connectivity index (χ1v) is 5.11. The van der Waals surface area contributed by atoms with E-state index in [4.69, 9.17) is 0 Å². The highest BCUT2D eigenvalue weighted by Gasteiger charge is 2.17. The fourth-order valence-corrected chi connectivity index (χ4v) is 2.13. The van der Waals surface area contributed by atoms with Gasteiger partial charge in [0, 0.05) is 25.4 Å². The van der Waals surface area contributed by atoms with Gasteiger partial charge in [0.1, 0.15) is 0 Å². The number of fused-ring (bicyclic) bond motifs is 3. The van der Waals surface area contributed by atoms with E-state index in [2.05, 4.69) is 41.7 Å². The van der Waals surface area contributed by atoms with Crippen LogP contribution in [0.15, 0.2) is 24.4 Å². The summed E-state index contributed by atoms with van der Waals surface area (Å²) < 4.78 is 1.85. The highest BCUT2D eigenvalue weighted by atomic mass is 15.3. The molecule has 1 aliphatic rings. The van der Waals surface area contributed by atoms with Crippen molar-refractivity contribution in [2.75, 3.05) is 5.32 Å². The highest BCUT2D eigenvalue weighted by molar-refractivity contribution is 5.80. The third-order valence-corrected chi connectivity index (χ3v) is 2.83. The Bertz CT molecular complexity index is 526. The standard InChI is InChI=1S/C12H13N3/c1-8-3-4-10-9(5-8)6-13-12-11(10)7-15(2)14-12/h3-5,7H,6H2,1-2H3,(H,13,14). The van der Waals surface area contributed by atoms with Crippen molar-refractivity contribution >= 4 is 5.82 Å². The SMILES string of the molecule is Cc1ccc2c(c1)CNc1nn(C)cc1-2. The van der Waals surface area contributed by atoms with Crippen molar-refractivity contribution in [3.8, 4) is 11.1 Å². The van der Waals surface area contributed by atoms with Gasteiger partial charge in [0.2, 0.25) is 0 Å². The molecule has 0 amide bonds. The minimum absolute atomic E-state index is 0.876. The normalized spacial score (nSPS) is 12.9. The van der Waals surface area contributed by atoms with E-state index < -0.39 is 0 Å². The second-order valence-corrected chi connectivity index (χ2v) is 4.08. The Hall–Kier alpha value is -1.77. The first kappa shape index (κ1) is 8.53. The van der Waals surface area contributed by atoms with Crippen LogP contribution in [0.2, 0.25) is 0 Å². The van der Waals surface area contributed by atoms with Crippen LogP contribution in [0.4, 0.5) is 5.82 Å². The van der Waals surface area contributed by atoms with Crippen LogP contribution in [0.5, 0.6) is 0 Å². The van der Waals surface area contributed by atoms with Crippen molar-refractivity contribution in [3.63, 3.8) is 0 Å². The van der Waals surface area contributed by atoms with E-state index in [1.54, 1.807) is 0 Å². The number of rotatable bonds is 0. The molecule has 3 rings (SSSR count). The van der Waals surface area contributed by atoms with Crippen LogP contribution in [0.1, 0.15) is 11.1 Å². The van der Waals surface area contributed by atoms with Gasteiger partial charge in [-0.05, 0) is 18.1 Å². The Labute approximate surface area is 88.7 Å². The van der Waals surface area contributed by atoms with E-state index in [0.29, 0.717) is 0 Å². The molecule has 0 radical (unpaired) electrons. The molecule has 3 heteroatoms. The third-order valence-electron chi connectivity index (χ3n) is 2.83. The number of nitrogens with zero attached hydrogens (tertiary/aromatic N) is 2. The molecule has 0 spiro atoms. The Balaban J connectivity index is 2.25. The van der Waals surface area contributed by atoms with E-state index in [-0.39, 0.29) is 0 Å².